The van der Waals surface area contributed by atoms with Crippen LogP contribution in [0.3, 0.4) is 0 Å². The fraction of sp³-hybridized carbons (Fsp3) is 0.625. The van der Waals surface area contributed by atoms with Gasteiger partial charge in [-0.15, -0.1) is 0 Å². The monoisotopic (exact) mass is 438 g/mol. The molecule has 120 valence electrons. The second-order valence-corrected chi connectivity index (χ2v) is 10.6. The summed E-state index contributed by atoms with van der Waals surface area (Å²) in [5.41, 5.74) is 1.16. The van der Waals surface area contributed by atoms with E-state index in [0.29, 0.717) is 6.42 Å². The zero-order valence-electron chi connectivity index (χ0n) is 12.9. The summed E-state index contributed by atoms with van der Waals surface area (Å²) in [6.07, 6.45) is 1.52. The Morgan fingerprint density at radius 3 is 1.95 bits per heavy atom. The largest absolute Gasteiger partial charge is 0.228 e. The van der Waals surface area contributed by atoms with E-state index in [1.54, 1.807) is 20.8 Å². The van der Waals surface area contributed by atoms with Crippen LogP contribution in [0.15, 0.2) is 30.3 Å². The third kappa shape index (κ3) is 5.36. The van der Waals surface area contributed by atoms with Crippen LogP contribution < -0.4 is 0 Å². The van der Waals surface area contributed by atoms with E-state index in [9.17, 15) is 8.42 Å². The molecule has 0 saturated carbocycles. The normalized spacial score (nSPS) is 13.4. The van der Waals surface area contributed by atoms with Crippen molar-refractivity contribution in [3.63, 3.8) is 0 Å². The van der Waals surface area contributed by atoms with Crippen LogP contribution >= 0.6 is 31.9 Å². The van der Waals surface area contributed by atoms with Gasteiger partial charge in [-0.1, -0.05) is 62.2 Å². The molecule has 1 aromatic carbocycles. The summed E-state index contributed by atoms with van der Waals surface area (Å²) in [5, 5.41) is 1.56. The van der Waals surface area contributed by atoms with E-state index in [0.717, 1.165) is 17.1 Å². The minimum Gasteiger partial charge on any atom is -0.228 e. The number of rotatable bonds is 7. The highest BCUT2D eigenvalue weighted by molar-refractivity contribution is 9.09. The maximum Gasteiger partial charge on any atom is 0.155 e. The summed E-state index contributed by atoms with van der Waals surface area (Å²) >= 11 is 7.17. The molecule has 0 spiro atoms. The van der Waals surface area contributed by atoms with Crippen molar-refractivity contribution >= 4 is 41.7 Å². The number of benzene rings is 1. The topological polar surface area (TPSA) is 34.1 Å². The van der Waals surface area contributed by atoms with Crippen molar-refractivity contribution in [2.24, 2.45) is 5.41 Å². The lowest BCUT2D eigenvalue weighted by Crippen LogP contribution is -2.36. The first-order valence-electron chi connectivity index (χ1n) is 7.04. The molecule has 0 aliphatic heterocycles. The maximum atomic E-state index is 12.4. The minimum atomic E-state index is -3.09. The molecular weight excluding hydrogens is 416 g/mol. The van der Waals surface area contributed by atoms with Crippen LogP contribution in [0.5, 0.6) is 0 Å². The van der Waals surface area contributed by atoms with Gasteiger partial charge < -0.3 is 0 Å². The Labute approximate surface area is 145 Å². The lowest BCUT2D eigenvalue weighted by atomic mass is 9.83. The lowest BCUT2D eigenvalue weighted by Gasteiger charge is -2.31. The molecule has 1 rings (SSSR count). The van der Waals surface area contributed by atoms with Crippen molar-refractivity contribution < 1.29 is 8.42 Å². The van der Waals surface area contributed by atoms with Crippen LogP contribution in [0.4, 0.5) is 0 Å². The molecule has 2 nitrogen and oxygen atoms in total. The van der Waals surface area contributed by atoms with Crippen molar-refractivity contribution in [3.05, 3.63) is 35.9 Å². The highest BCUT2D eigenvalue weighted by Gasteiger charge is 2.34. The summed E-state index contributed by atoms with van der Waals surface area (Å²) in [6, 6.07) is 10.2. The first-order chi connectivity index (χ1) is 9.66. The molecule has 0 N–H and O–H groups in total. The predicted octanol–water partition coefficient (Wildman–Crippen LogP) is 4.61. The fourth-order valence-electron chi connectivity index (χ4n) is 2.04. The van der Waals surface area contributed by atoms with Crippen molar-refractivity contribution in [2.45, 2.75) is 38.4 Å². The third-order valence-corrected chi connectivity index (χ3v) is 8.81. The zero-order chi connectivity index (χ0) is 16.1. The van der Waals surface area contributed by atoms with Gasteiger partial charge in [0.1, 0.15) is 0 Å². The number of hydrogen-bond acceptors (Lipinski definition) is 2. The van der Waals surface area contributed by atoms with Gasteiger partial charge in [0.05, 0.1) is 10.5 Å². The zero-order valence-corrected chi connectivity index (χ0v) is 16.9. The maximum absolute atomic E-state index is 12.4. The molecule has 0 heterocycles. The van der Waals surface area contributed by atoms with E-state index in [-0.39, 0.29) is 11.2 Å². The van der Waals surface area contributed by atoms with Gasteiger partial charge in [0.2, 0.25) is 0 Å². The molecule has 0 radical (unpaired) electrons. The molecule has 0 bridgehead atoms. The van der Waals surface area contributed by atoms with E-state index in [1.165, 1.54) is 5.56 Å². The molecule has 0 atom stereocenters. The SMILES string of the molecule is CC(C)(C)S(=O)(=O)CCC(CBr)(CBr)Cc1ccccc1. The first kappa shape index (κ1) is 19.2. The molecule has 0 amide bonds. The van der Waals surface area contributed by atoms with Crippen LogP contribution in [-0.4, -0.2) is 29.6 Å². The smallest absolute Gasteiger partial charge is 0.155 e. The second-order valence-electron chi connectivity index (χ2n) is 6.61. The molecule has 0 aliphatic rings. The average Bonchev–Trinajstić information content (AvgIpc) is 2.43. The third-order valence-electron chi connectivity index (χ3n) is 3.82. The van der Waals surface area contributed by atoms with E-state index in [4.69, 9.17) is 0 Å². The summed E-state index contributed by atoms with van der Waals surface area (Å²) in [7, 11) is -3.09. The standard InChI is InChI=1S/C16H24Br2O2S/c1-15(2,3)21(19,20)10-9-16(12-17,13-18)11-14-7-5-4-6-8-14/h4-8H,9-13H2,1-3H3. The highest BCUT2D eigenvalue weighted by atomic mass is 79.9. The van der Waals surface area contributed by atoms with Crippen LogP contribution in [0.2, 0.25) is 0 Å². The quantitative estimate of drug-likeness (QED) is 0.581. The van der Waals surface area contributed by atoms with Gasteiger partial charge in [-0.3, -0.25) is 0 Å². The van der Waals surface area contributed by atoms with E-state index in [1.807, 2.05) is 18.2 Å². The molecular formula is C16H24Br2O2S. The van der Waals surface area contributed by atoms with Crippen molar-refractivity contribution in [1.29, 1.82) is 0 Å². The van der Waals surface area contributed by atoms with Gasteiger partial charge in [-0.2, -0.15) is 0 Å². The van der Waals surface area contributed by atoms with Crippen molar-refractivity contribution in [2.75, 3.05) is 16.4 Å². The summed E-state index contributed by atoms with van der Waals surface area (Å²) < 4.78 is 24.0. The van der Waals surface area contributed by atoms with E-state index < -0.39 is 14.6 Å². The predicted molar refractivity (Wildman–Crippen MR) is 98.3 cm³/mol. The number of hydrogen-bond donors (Lipinski definition) is 0. The van der Waals surface area contributed by atoms with Gasteiger partial charge in [-0.25, -0.2) is 8.42 Å². The van der Waals surface area contributed by atoms with Crippen LogP contribution in [-0.2, 0) is 16.3 Å². The number of sulfone groups is 1. The molecule has 1 aromatic rings. The second kappa shape index (κ2) is 7.60. The molecule has 21 heavy (non-hydrogen) atoms. The Hall–Kier alpha value is 0.130. The van der Waals surface area contributed by atoms with Crippen LogP contribution in [0, 0.1) is 5.41 Å². The average molecular weight is 440 g/mol. The molecule has 0 unspecified atom stereocenters. The highest BCUT2D eigenvalue weighted by Crippen LogP contribution is 2.33. The Balaban J connectivity index is 2.87. The van der Waals surface area contributed by atoms with Gasteiger partial charge in [0.25, 0.3) is 0 Å². The van der Waals surface area contributed by atoms with Gasteiger partial charge in [-0.05, 0) is 44.6 Å². The Bertz CT molecular complexity index is 529. The summed E-state index contributed by atoms with van der Waals surface area (Å²) in [4.78, 5) is 0. The Kier molecular flexibility index (Phi) is 6.94. The molecule has 5 heteroatoms. The Morgan fingerprint density at radius 2 is 1.52 bits per heavy atom. The molecule has 0 aromatic heterocycles. The number of halogens is 2. The lowest BCUT2D eigenvalue weighted by molar-refractivity contribution is 0.372. The van der Waals surface area contributed by atoms with Crippen LogP contribution in [0.25, 0.3) is 0 Å². The van der Waals surface area contributed by atoms with Crippen molar-refractivity contribution in [3.8, 4) is 0 Å². The number of alkyl halides is 2. The summed E-state index contributed by atoms with van der Waals surface area (Å²) in [6.45, 7) is 5.30. The van der Waals surface area contributed by atoms with E-state index in [2.05, 4.69) is 44.0 Å². The summed E-state index contributed by atoms with van der Waals surface area (Å²) in [5.74, 6) is 0.223. The molecule has 0 aliphatic carbocycles. The van der Waals surface area contributed by atoms with E-state index >= 15 is 0 Å². The first-order valence-corrected chi connectivity index (χ1v) is 10.9. The molecule has 0 fully saturated rings. The minimum absolute atomic E-state index is 0.0837. The molecule has 0 saturated heterocycles. The fourth-order valence-corrected chi connectivity index (χ4v) is 5.24. The van der Waals surface area contributed by atoms with Crippen LogP contribution in [0.1, 0.15) is 32.8 Å². The van der Waals surface area contributed by atoms with Gasteiger partial charge in [0.15, 0.2) is 9.84 Å². The van der Waals surface area contributed by atoms with Crippen molar-refractivity contribution in [1.82, 2.24) is 0 Å². The Morgan fingerprint density at radius 1 is 1.00 bits per heavy atom. The van der Waals surface area contributed by atoms with Gasteiger partial charge in [0, 0.05) is 10.7 Å². The van der Waals surface area contributed by atoms with Gasteiger partial charge >= 0.3 is 0 Å².